The van der Waals surface area contributed by atoms with E-state index in [2.05, 4.69) is 36.2 Å². The van der Waals surface area contributed by atoms with Gasteiger partial charge in [0.15, 0.2) is 0 Å². The van der Waals surface area contributed by atoms with Crippen molar-refractivity contribution in [1.29, 1.82) is 0 Å². The Morgan fingerprint density at radius 2 is 1.66 bits per heavy atom. The molecule has 1 heterocycles. The second-order valence-electron chi connectivity index (χ2n) is 7.88. The maximum absolute atomic E-state index is 13.0. The smallest absolute Gasteiger partial charge is 0.219 e. The number of benzene rings is 2. The van der Waals surface area contributed by atoms with E-state index in [1.165, 1.54) is 23.3 Å². The number of nitrogens with zero attached hydrogens (tertiary/aromatic N) is 2. The molecule has 3 rings (SSSR count). The second kappa shape index (κ2) is 9.99. The van der Waals surface area contributed by atoms with Crippen molar-refractivity contribution < 1.29 is 13.9 Å². The summed E-state index contributed by atoms with van der Waals surface area (Å²) in [7, 11) is 2.06. The van der Waals surface area contributed by atoms with E-state index in [0.29, 0.717) is 6.61 Å². The van der Waals surface area contributed by atoms with Crippen LogP contribution < -0.4 is 0 Å². The zero-order valence-corrected chi connectivity index (χ0v) is 17.6. The molecule has 4 nitrogen and oxygen atoms in total. The van der Waals surface area contributed by atoms with E-state index >= 15 is 0 Å². The topological polar surface area (TPSA) is 32.8 Å². The molecule has 1 aliphatic heterocycles. The second-order valence-corrected chi connectivity index (χ2v) is 7.88. The van der Waals surface area contributed by atoms with Gasteiger partial charge in [-0.1, -0.05) is 36.4 Å². The molecule has 0 unspecified atom stereocenters. The van der Waals surface area contributed by atoms with E-state index in [1.54, 1.807) is 6.92 Å². The van der Waals surface area contributed by atoms with Crippen LogP contribution in [0.25, 0.3) is 0 Å². The minimum absolute atomic E-state index is 0.0353. The van der Waals surface area contributed by atoms with Crippen LogP contribution in [0.15, 0.2) is 48.5 Å². The number of carbonyl (C=O) groups excluding carboxylic acids is 1. The lowest BCUT2D eigenvalue weighted by molar-refractivity contribution is -0.134. The van der Waals surface area contributed by atoms with Gasteiger partial charge in [-0.25, -0.2) is 4.39 Å². The number of carbonyl (C=O) groups is 1. The van der Waals surface area contributed by atoms with Gasteiger partial charge in [-0.15, -0.1) is 0 Å². The molecule has 1 fully saturated rings. The van der Waals surface area contributed by atoms with E-state index in [0.717, 1.165) is 38.0 Å². The van der Waals surface area contributed by atoms with E-state index in [4.69, 9.17) is 4.74 Å². The van der Waals surface area contributed by atoms with Crippen LogP contribution in [0.5, 0.6) is 0 Å². The van der Waals surface area contributed by atoms with Crippen molar-refractivity contribution in [3.8, 4) is 0 Å². The lowest BCUT2D eigenvalue weighted by Gasteiger charge is -2.36. The molecule has 2 aromatic rings. The first-order valence-electron chi connectivity index (χ1n) is 10.4. The van der Waals surface area contributed by atoms with Crippen molar-refractivity contribution in [2.75, 3.05) is 20.2 Å². The Morgan fingerprint density at radius 3 is 2.21 bits per heavy atom. The number of amides is 1. The van der Waals surface area contributed by atoms with Gasteiger partial charge in [0, 0.05) is 39.2 Å². The van der Waals surface area contributed by atoms with Gasteiger partial charge >= 0.3 is 0 Å². The van der Waals surface area contributed by atoms with Crippen LogP contribution in [-0.2, 0) is 22.6 Å². The molecule has 0 radical (unpaired) electrons. The number of rotatable bonds is 7. The third-order valence-electron chi connectivity index (χ3n) is 5.61. The Hall–Kier alpha value is -2.24. The summed E-state index contributed by atoms with van der Waals surface area (Å²) >= 11 is 0. The first-order valence-corrected chi connectivity index (χ1v) is 10.4. The largest absolute Gasteiger partial charge is 0.373 e. The normalized spacial score (nSPS) is 19.3. The molecule has 156 valence electrons. The number of hydrogen-bond donors (Lipinski definition) is 0. The molecule has 0 aromatic heterocycles. The molecule has 1 amide bonds. The van der Waals surface area contributed by atoms with Gasteiger partial charge in [0.2, 0.25) is 5.91 Å². The van der Waals surface area contributed by atoms with Crippen LogP contribution >= 0.6 is 0 Å². The van der Waals surface area contributed by atoms with Crippen molar-refractivity contribution in [2.24, 2.45) is 0 Å². The summed E-state index contributed by atoms with van der Waals surface area (Å²) in [5, 5.41) is 0. The van der Waals surface area contributed by atoms with Gasteiger partial charge in [-0.05, 0) is 55.6 Å². The van der Waals surface area contributed by atoms with Crippen LogP contribution in [0.4, 0.5) is 4.39 Å². The van der Waals surface area contributed by atoms with E-state index in [9.17, 15) is 9.18 Å². The van der Waals surface area contributed by atoms with Crippen LogP contribution in [0, 0.1) is 5.82 Å². The van der Waals surface area contributed by atoms with Gasteiger partial charge in [0.1, 0.15) is 5.82 Å². The minimum Gasteiger partial charge on any atom is -0.373 e. The van der Waals surface area contributed by atoms with E-state index < -0.39 is 0 Å². The van der Waals surface area contributed by atoms with Crippen LogP contribution in [0.2, 0.25) is 0 Å². The molecule has 2 atom stereocenters. The molecule has 0 spiro atoms. The third kappa shape index (κ3) is 5.87. The van der Waals surface area contributed by atoms with Crippen LogP contribution in [0.3, 0.4) is 0 Å². The van der Waals surface area contributed by atoms with Crippen LogP contribution in [0.1, 0.15) is 49.5 Å². The maximum atomic E-state index is 13.0. The summed E-state index contributed by atoms with van der Waals surface area (Å²) in [4.78, 5) is 16.0. The summed E-state index contributed by atoms with van der Waals surface area (Å²) in [5.74, 6) is -0.0674. The van der Waals surface area contributed by atoms with Crippen molar-refractivity contribution in [3.05, 3.63) is 71.0 Å². The molecule has 2 aromatic carbocycles. The number of halogens is 1. The average Bonchev–Trinajstić information content (AvgIpc) is 2.71. The lowest BCUT2D eigenvalue weighted by Crippen LogP contribution is -2.42. The van der Waals surface area contributed by atoms with Crippen molar-refractivity contribution in [1.82, 2.24) is 9.80 Å². The predicted octanol–water partition coefficient (Wildman–Crippen LogP) is 4.55. The fraction of sp³-hybridized carbons (Fsp3) is 0.458. The summed E-state index contributed by atoms with van der Waals surface area (Å²) < 4.78 is 19.0. The highest BCUT2D eigenvalue weighted by Gasteiger charge is 2.28. The first-order chi connectivity index (χ1) is 14.0. The van der Waals surface area contributed by atoms with Gasteiger partial charge in [0.25, 0.3) is 0 Å². The van der Waals surface area contributed by atoms with Crippen molar-refractivity contribution in [3.63, 3.8) is 0 Å². The Labute approximate surface area is 173 Å². The van der Waals surface area contributed by atoms with Gasteiger partial charge < -0.3 is 9.64 Å². The zero-order valence-electron chi connectivity index (χ0n) is 17.6. The van der Waals surface area contributed by atoms with Gasteiger partial charge in [-0.2, -0.15) is 0 Å². The van der Waals surface area contributed by atoms with Crippen molar-refractivity contribution in [2.45, 2.75) is 51.9 Å². The molecule has 0 N–H and O–H groups in total. The van der Waals surface area contributed by atoms with E-state index in [-0.39, 0.29) is 23.9 Å². The Balaban J connectivity index is 1.57. The average molecular weight is 399 g/mol. The SMILES string of the molecule is CCN(C(C)=O)[C@@H]1CCO[C@H](c2ccc(CN(C)Cc3ccc(F)cc3)cc2)C1. The standard InChI is InChI=1S/C24H31FN2O2/c1-4-27(18(2)28)23-13-14-29-24(15-23)21-9-5-19(6-10-21)16-26(3)17-20-7-11-22(25)12-8-20/h5-12,23-24H,4,13-17H2,1-3H3/t23-,24+/m1/s1. The summed E-state index contributed by atoms with van der Waals surface area (Å²) in [6.45, 7) is 6.69. The fourth-order valence-corrected chi connectivity index (χ4v) is 4.14. The zero-order chi connectivity index (χ0) is 20.8. The monoisotopic (exact) mass is 398 g/mol. The maximum Gasteiger partial charge on any atom is 0.219 e. The highest BCUT2D eigenvalue weighted by Crippen LogP contribution is 2.31. The predicted molar refractivity (Wildman–Crippen MR) is 113 cm³/mol. The highest BCUT2D eigenvalue weighted by molar-refractivity contribution is 5.73. The molecule has 0 aliphatic carbocycles. The third-order valence-corrected chi connectivity index (χ3v) is 5.61. The minimum atomic E-state index is -0.204. The van der Waals surface area contributed by atoms with E-state index in [1.807, 2.05) is 24.0 Å². The van der Waals surface area contributed by atoms with Crippen molar-refractivity contribution >= 4 is 5.91 Å². The van der Waals surface area contributed by atoms with Gasteiger partial charge in [0.05, 0.1) is 6.10 Å². The Bertz CT molecular complexity index is 792. The molecule has 0 saturated carbocycles. The summed E-state index contributed by atoms with van der Waals surface area (Å²) in [5.41, 5.74) is 3.49. The quantitative estimate of drug-likeness (QED) is 0.686. The molecule has 0 bridgehead atoms. The molecule has 5 heteroatoms. The molecular formula is C24H31FN2O2. The molecular weight excluding hydrogens is 367 g/mol. The van der Waals surface area contributed by atoms with Gasteiger partial charge in [-0.3, -0.25) is 9.69 Å². The summed E-state index contributed by atoms with van der Waals surface area (Å²) in [6, 6.07) is 15.5. The lowest BCUT2D eigenvalue weighted by atomic mass is 9.95. The summed E-state index contributed by atoms with van der Waals surface area (Å²) in [6.07, 6.45) is 1.78. The van der Waals surface area contributed by atoms with Crippen LogP contribution in [-0.4, -0.2) is 41.9 Å². The number of hydrogen-bond acceptors (Lipinski definition) is 3. The Kier molecular flexibility index (Phi) is 7.40. The highest BCUT2D eigenvalue weighted by atomic mass is 19.1. The molecule has 29 heavy (non-hydrogen) atoms. The first kappa shape index (κ1) is 21.5. The Morgan fingerprint density at radius 1 is 1.07 bits per heavy atom. The number of ether oxygens (including phenoxy) is 1. The molecule has 1 aliphatic rings. The molecule has 1 saturated heterocycles. The fourth-order valence-electron chi connectivity index (χ4n) is 4.14.